The number of rotatable bonds is 2. The van der Waals surface area contributed by atoms with Gasteiger partial charge < -0.3 is 5.11 Å². The zero-order chi connectivity index (χ0) is 10.8. The molecule has 3 heteroatoms. The predicted molar refractivity (Wildman–Crippen MR) is 54.3 cm³/mol. The maximum atomic E-state index is 10.6. The van der Waals surface area contributed by atoms with Gasteiger partial charge in [-0.1, -0.05) is 18.2 Å². The molecule has 76 valence electrons. The van der Waals surface area contributed by atoms with Crippen molar-refractivity contribution < 1.29 is 9.90 Å². The standard InChI is InChI=1S/C12H11NO2/c13-7-8-3-1-2-4-11(8)9-5-10(6-9)12(14)15/h1-4,9-10H,5-6H2,(H,14,15). The van der Waals surface area contributed by atoms with Gasteiger partial charge >= 0.3 is 5.97 Å². The molecule has 0 unspecified atom stereocenters. The van der Waals surface area contributed by atoms with Gasteiger partial charge in [0, 0.05) is 0 Å². The minimum atomic E-state index is -0.722. The Hall–Kier alpha value is -1.82. The molecule has 1 N–H and O–H groups in total. The van der Waals surface area contributed by atoms with E-state index in [0.29, 0.717) is 18.4 Å². The van der Waals surface area contributed by atoms with Crippen LogP contribution in [0.25, 0.3) is 0 Å². The normalized spacial score (nSPS) is 23.9. The molecule has 0 bridgehead atoms. The minimum absolute atomic E-state index is 0.221. The third kappa shape index (κ3) is 1.71. The van der Waals surface area contributed by atoms with Crippen molar-refractivity contribution >= 4 is 5.97 Å². The Bertz CT molecular complexity index is 427. The molecule has 3 nitrogen and oxygen atoms in total. The molecule has 0 aliphatic heterocycles. The fourth-order valence-electron chi connectivity index (χ4n) is 2.03. The number of aliphatic carboxylic acids is 1. The molecule has 0 saturated heterocycles. The number of carbonyl (C=O) groups is 1. The Balaban J connectivity index is 2.14. The van der Waals surface area contributed by atoms with Gasteiger partial charge in [-0.15, -0.1) is 0 Å². The second kappa shape index (κ2) is 3.74. The van der Waals surface area contributed by atoms with Crippen LogP contribution in [-0.2, 0) is 4.79 Å². The molecule has 1 fully saturated rings. The quantitative estimate of drug-likeness (QED) is 0.797. The van der Waals surface area contributed by atoms with Crippen LogP contribution in [0.3, 0.4) is 0 Å². The number of hydrogen-bond donors (Lipinski definition) is 1. The summed E-state index contributed by atoms with van der Waals surface area (Å²) in [7, 11) is 0. The molecule has 1 aliphatic carbocycles. The largest absolute Gasteiger partial charge is 0.481 e. The molecule has 0 radical (unpaired) electrons. The highest BCUT2D eigenvalue weighted by molar-refractivity contribution is 5.71. The smallest absolute Gasteiger partial charge is 0.306 e. The van der Waals surface area contributed by atoms with Crippen LogP contribution < -0.4 is 0 Å². The van der Waals surface area contributed by atoms with E-state index in [1.54, 1.807) is 6.07 Å². The molecule has 15 heavy (non-hydrogen) atoms. The first-order valence-corrected chi connectivity index (χ1v) is 4.94. The summed E-state index contributed by atoms with van der Waals surface area (Å²) in [5.41, 5.74) is 1.67. The van der Waals surface area contributed by atoms with Crippen LogP contribution in [0.2, 0.25) is 0 Å². The lowest BCUT2D eigenvalue weighted by Gasteiger charge is -2.33. The SMILES string of the molecule is N#Cc1ccccc1C1CC(C(=O)O)C1. The Morgan fingerprint density at radius 1 is 1.40 bits per heavy atom. The maximum absolute atomic E-state index is 10.6. The minimum Gasteiger partial charge on any atom is -0.481 e. The summed E-state index contributed by atoms with van der Waals surface area (Å²) in [5, 5.41) is 17.7. The molecule has 1 aromatic carbocycles. The van der Waals surface area contributed by atoms with Gasteiger partial charge in [-0.05, 0) is 30.4 Å². The molecule has 0 amide bonds. The summed E-state index contributed by atoms with van der Waals surface area (Å²) in [4.78, 5) is 10.6. The summed E-state index contributed by atoms with van der Waals surface area (Å²) in [6, 6.07) is 9.56. The van der Waals surface area contributed by atoms with Crippen LogP contribution in [0.1, 0.15) is 29.9 Å². The molecular weight excluding hydrogens is 190 g/mol. The second-order valence-electron chi connectivity index (χ2n) is 3.90. The van der Waals surface area contributed by atoms with Crippen molar-refractivity contribution in [2.45, 2.75) is 18.8 Å². The molecule has 0 aromatic heterocycles. The van der Waals surface area contributed by atoms with E-state index in [1.165, 1.54) is 0 Å². The number of carboxylic acids is 1. The van der Waals surface area contributed by atoms with E-state index in [9.17, 15) is 4.79 Å². The lowest BCUT2D eigenvalue weighted by Crippen LogP contribution is -2.29. The number of carboxylic acid groups (broad SMARTS) is 1. The van der Waals surface area contributed by atoms with E-state index in [2.05, 4.69) is 6.07 Å². The van der Waals surface area contributed by atoms with Crippen molar-refractivity contribution in [3.8, 4) is 6.07 Å². The average Bonchev–Trinajstić information content (AvgIpc) is 2.15. The van der Waals surface area contributed by atoms with Crippen LogP contribution in [-0.4, -0.2) is 11.1 Å². The molecule has 0 atom stereocenters. The van der Waals surface area contributed by atoms with Gasteiger partial charge in [0.1, 0.15) is 0 Å². The summed E-state index contributed by atoms with van der Waals surface area (Å²) < 4.78 is 0. The number of benzene rings is 1. The maximum Gasteiger partial charge on any atom is 0.306 e. The first-order chi connectivity index (χ1) is 7.22. The van der Waals surface area contributed by atoms with E-state index in [-0.39, 0.29) is 11.8 Å². The van der Waals surface area contributed by atoms with Crippen molar-refractivity contribution in [2.24, 2.45) is 5.92 Å². The lowest BCUT2D eigenvalue weighted by molar-refractivity contribution is -0.145. The van der Waals surface area contributed by atoms with E-state index in [0.717, 1.165) is 5.56 Å². The monoisotopic (exact) mass is 201 g/mol. The van der Waals surface area contributed by atoms with E-state index >= 15 is 0 Å². The fraction of sp³-hybridized carbons (Fsp3) is 0.333. The highest BCUT2D eigenvalue weighted by Crippen LogP contribution is 2.42. The third-order valence-electron chi connectivity index (χ3n) is 3.01. The van der Waals surface area contributed by atoms with Crippen LogP contribution >= 0.6 is 0 Å². The second-order valence-corrected chi connectivity index (χ2v) is 3.90. The summed E-state index contributed by atoms with van der Waals surface area (Å²) in [6.07, 6.45) is 1.32. The first kappa shape index (κ1) is 9.72. The highest BCUT2D eigenvalue weighted by atomic mass is 16.4. The number of nitriles is 1. The average molecular weight is 201 g/mol. The van der Waals surface area contributed by atoms with Gasteiger partial charge in [0.2, 0.25) is 0 Å². The topological polar surface area (TPSA) is 61.1 Å². The van der Waals surface area contributed by atoms with Crippen LogP contribution in [0.5, 0.6) is 0 Å². The molecule has 0 spiro atoms. The van der Waals surface area contributed by atoms with Crippen molar-refractivity contribution in [1.29, 1.82) is 5.26 Å². The fourth-order valence-corrected chi connectivity index (χ4v) is 2.03. The molecule has 1 aliphatic rings. The van der Waals surface area contributed by atoms with Gasteiger partial charge in [-0.2, -0.15) is 5.26 Å². The van der Waals surface area contributed by atoms with E-state index in [1.807, 2.05) is 18.2 Å². The predicted octanol–water partition coefficient (Wildman–Crippen LogP) is 2.14. The molecule has 2 rings (SSSR count). The van der Waals surface area contributed by atoms with Gasteiger partial charge in [0.25, 0.3) is 0 Å². The van der Waals surface area contributed by atoms with Crippen molar-refractivity contribution in [3.63, 3.8) is 0 Å². The van der Waals surface area contributed by atoms with Gasteiger partial charge in [0.05, 0.1) is 17.6 Å². The zero-order valence-corrected chi connectivity index (χ0v) is 8.18. The van der Waals surface area contributed by atoms with Crippen LogP contribution in [0.4, 0.5) is 0 Å². The summed E-state index contributed by atoms with van der Waals surface area (Å²) in [6.45, 7) is 0. The molecule has 0 heterocycles. The zero-order valence-electron chi connectivity index (χ0n) is 8.18. The Morgan fingerprint density at radius 2 is 2.07 bits per heavy atom. The highest BCUT2D eigenvalue weighted by Gasteiger charge is 2.36. The van der Waals surface area contributed by atoms with E-state index in [4.69, 9.17) is 10.4 Å². The van der Waals surface area contributed by atoms with Crippen molar-refractivity contribution in [2.75, 3.05) is 0 Å². The lowest BCUT2D eigenvalue weighted by atomic mass is 9.70. The first-order valence-electron chi connectivity index (χ1n) is 4.94. The molecule has 1 saturated carbocycles. The third-order valence-corrected chi connectivity index (χ3v) is 3.01. The Morgan fingerprint density at radius 3 is 2.67 bits per heavy atom. The Labute approximate surface area is 88.0 Å². The molecular formula is C12H11NO2. The summed E-state index contributed by atoms with van der Waals surface area (Å²) in [5.74, 6) is -0.690. The molecule has 1 aromatic rings. The van der Waals surface area contributed by atoms with Gasteiger partial charge in [0.15, 0.2) is 0 Å². The van der Waals surface area contributed by atoms with E-state index < -0.39 is 5.97 Å². The van der Waals surface area contributed by atoms with Crippen LogP contribution in [0.15, 0.2) is 24.3 Å². The van der Waals surface area contributed by atoms with Gasteiger partial charge in [-0.3, -0.25) is 4.79 Å². The number of hydrogen-bond acceptors (Lipinski definition) is 2. The number of nitrogens with zero attached hydrogens (tertiary/aromatic N) is 1. The Kier molecular flexibility index (Phi) is 2.42. The van der Waals surface area contributed by atoms with Gasteiger partial charge in [-0.25, -0.2) is 0 Å². The van der Waals surface area contributed by atoms with Crippen LogP contribution in [0, 0.1) is 17.2 Å². The van der Waals surface area contributed by atoms with Crippen molar-refractivity contribution in [3.05, 3.63) is 35.4 Å². The summed E-state index contributed by atoms with van der Waals surface area (Å²) >= 11 is 0. The van der Waals surface area contributed by atoms with Crippen molar-refractivity contribution in [1.82, 2.24) is 0 Å².